The summed E-state index contributed by atoms with van der Waals surface area (Å²) in [5, 5.41) is 8.96. The molecule has 4 N–H and O–H groups in total. The maximum atomic E-state index is 11.7. The number of nitrogen functional groups attached to an aromatic ring is 1. The zero-order valence-corrected chi connectivity index (χ0v) is 12.2. The second kappa shape index (κ2) is 6.13. The normalized spacial score (nSPS) is 11.3. The molecular formula is C14H16N2O4S. The molecule has 0 atom stereocenters. The van der Waals surface area contributed by atoms with E-state index in [9.17, 15) is 8.42 Å². The van der Waals surface area contributed by atoms with E-state index in [2.05, 4.69) is 4.72 Å². The molecule has 2 aromatic rings. The first-order valence-electron chi connectivity index (χ1n) is 6.17. The molecule has 0 aromatic heterocycles. The minimum Gasteiger partial charge on any atom is -0.457 e. The van der Waals surface area contributed by atoms with Crippen molar-refractivity contribution in [2.75, 3.05) is 12.8 Å². The van der Waals surface area contributed by atoms with Crippen LogP contribution in [0.15, 0.2) is 47.4 Å². The van der Waals surface area contributed by atoms with Gasteiger partial charge < -0.3 is 15.6 Å². The summed E-state index contributed by atoms with van der Waals surface area (Å²) in [5.41, 5.74) is 6.63. The molecule has 0 amide bonds. The quantitative estimate of drug-likeness (QED) is 0.726. The standard InChI is InChI=1S/C14H16N2O4S/c1-16-21(18,19)14-7-6-12(8-13(14)15)20-11-4-2-10(9-17)3-5-11/h2-8,16-17H,9,15H2,1H3. The maximum absolute atomic E-state index is 11.7. The van der Waals surface area contributed by atoms with Gasteiger partial charge in [0.05, 0.1) is 12.3 Å². The Morgan fingerprint density at radius 2 is 1.76 bits per heavy atom. The summed E-state index contributed by atoms with van der Waals surface area (Å²) >= 11 is 0. The Balaban J connectivity index is 2.24. The molecule has 0 aliphatic carbocycles. The third-order valence-corrected chi connectivity index (χ3v) is 4.37. The molecule has 0 aliphatic heterocycles. The minimum absolute atomic E-state index is 0.00739. The topological polar surface area (TPSA) is 102 Å². The first-order valence-corrected chi connectivity index (χ1v) is 7.65. The van der Waals surface area contributed by atoms with E-state index in [4.69, 9.17) is 15.6 Å². The molecule has 0 aliphatic rings. The largest absolute Gasteiger partial charge is 0.457 e. The van der Waals surface area contributed by atoms with Crippen LogP contribution in [0.3, 0.4) is 0 Å². The van der Waals surface area contributed by atoms with Crippen LogP contribution in [0.5, 0.6) is 11.5 Å². The number of nitrogens with two attached hydrogens (primary N) is 1. The lowest BCUT2D eigenvalue weighted by Gasteiger charge is -2.10. The molecule has 0 heterocycles. The molecule has 0 saturated carbocycles. The van der Waals surface area contributed by atoms with Gasteiger partial charge in [-0.1, -0.05) is 12.1 Å². The number of ether oxygens (including phenoxy) is 1. The van der Waals surface area contributed by atoms with Crippen LogP contribution in [0.25, 0.3) is 0 Å². The summed E-state index contributed by atoms with van der Waals surface area (Å²) in [6.07, 6.45) is 0. The molecule has 6 nitrogen and oxygen atoms in total. The molecule has 2 rings (SSSR count). The predicted octanol–water partition coefficient (Wildman–Crippen LogP) is 1.46. The van der Waals surface area contributed by atoms with E-state index < -0.39 is 10.0 Å². The number of hydrogen-bond acceptors (Lipinski definition) is 5. The molecule has 7 heteroatoms. The van der Waals surface area contributed by atoms with Gasteiger partial charge >= 0.3 is 0 Å². The van der Waals surface area contributed by atoms with Gasteiger partial charge in [0, 0.05) is 6.07 Å². The van der Waals surface area contributed by atoms with Crippen molar-refractivity contribution in [1.82, 2.24) is 4.72 Å². The second-order valence-corrected chi connectivity index (χ2v) is 6.17. The summed E-state index contributed by atoms with van der Waals surface area (Å²) < 4.78 is 31.2. The molecular weight excluding hydrogens is 292 g/mol. The third kappa shape index (κ3) is 3.52. The zero-order valence-electron chi connectivity index (χ0n) is 11.4. The first-order chi connectivity index (χ1) is 9.96. The van der Waals surface area contributed by atoms with E-state index in [1.165, 1.54) is 25.2 Å². The second-order valence-electron chi connectivity index (χ2n) is 4.31. The fraction of sp³-hybridized carbons (Fsp3) is 0.143. The fourth-order valence-electron chi connectivity index (χ4n) is 1.74. The van der Waals surface area contributed by atoms with Gasteiger partial charge in [-0.15, -0.1) is 0 Å². The van der Waals surface area contributed by atoms with E-state index in [-0.39, 0.29) is 17.2 Å². The van der Waals surface area contributed by atoms with Crippen molar-refractivity contribution in [1.29, 1.82) is 0 Å². The highest BCUT2D eigenvalue weighted by Crippen LogP contribution is 2.27. The first kappa shape index (κ1) is 15.3. The number of nitrogens with one attached hydrogen (secondary N) is 1. The third-order valence-electron chi connectivity index (χ3n) is 2.88. The SMILES string of the molecule is CNS(=O)(=O)c1ccc(Oc2ccc(CO)cc2)cc1N. The van der Waals surface area contributed by atoms with Crippen molar-refractivity contribution in [2.24, 2.45) is 0 Å². The van der Waals surface area contributed by atoms with Crippen LogP contribution in [-0.2, 0) is 16.6 Å². The lowest BCUT2D eigenvalue weighted by molar-refractivity contribution is 0.281. The van der Waals surface area contributed by atoms with Gasteiger partial charge in [0.15, 0.2) is 0 Å². The van der Waals surface area contributed by atoms with Crippen molar-refractivity contribution in [2.45, 2.75) is 11.5 Å². The van der Waals surface area contributed by atoms with Crippen LogP contribution in [0.2, 0.25) is 0 Å². The van der Waals surface area contributed by atoms with Crippen LogP contribution in [-0.4, -0.2) is 20.6 Å². The molecule has 0 saturated heterocycles. The fourth-order valence-corrected chi connectivity index (χ4v) is 2.58. The number of aliphatic hydroxyl groups is 1. The van der Waals surface area contributed by atoms with E-state index >= 15 is 0 Å². The van der Waals surface area contributed by atoms with Gasteiger partial charge in [0.2, 0.25) is 10.0 Å². The van der Waals surface area contributed by atoms with Crippen molar-refractivity contribution >= 4 is 15.7 Å². The number of sulfonamides is 1. The highest BCUT2D eigenvalue weighted by molar-refractivity contribution is 7.89. The van der Waals surface area contributed by atoms with E-state index in [1.807, 2.05) is 0 Å². The zero-order chi connectivity index (χ0) is 15.5. The molecule has 112 valence electrons. The Labute approximate surface area is 123 Å². The average Bonchev–Trinajstić information content (AvgIpc) is 2.48. The number of aliphatic hydroxyl groups excluding tert-OH is 1. The van der Waals surface area contributed by atoms with Gasteiger partial charge in [-0.3, -0.25) is 0 Å². The summed E-state index contributed by atoms with van der Waals surface area (Å²) in [4.78, 5) is 0.00739. The van der Waals surface area contributed by atoms with E-state index in [1.54, 1.807) is 24.3 Å². The summed E-state index contributed by atoms with van der Waals surface area (Å²) in [6, 6.07) is 11.3. The summed E-state index contributed by atoms with van der Waals surface area (Å²) in [7, 11) is -2.26. The highest BCUT2D eigenvalue weighted by atomic mass is 32.2. The van der Waals surface area contributed by atoms with E-state index in [0.29, 0.717) is 11.5 Å². The predicted molar refractivity (Wildman–Crippen MR) is 79.5 cm³/mol. The number of rotatable bonds is 5. The molecule has 0 bridgehead atoms. The van der Waals surface area contributed by atoms with Gasteiger partial charge in [-0.05, 0) is 36.9 Å². The lowest BCUT2D eigenvalue weighted by atomic mass is 10.2. The Hall–Kier alpha value is -2.09. The monoisotopic (exact) mass is 308 g/mol. The summed E-state index contributed by atoms with van der Waals surface area (Å²) in [6.45, 7) is -0.0379. The van der Waals surface area contributed by atoms with Crippen LogP contribution < -0.4 is 15.2 Å². The van der Waals surface area contributed by atoms with E-state index in [0.717, 1.165) is 5.56 Å². The van der Waals surface area contributed by atoms with Crippen LogP contribution >= 0.6 is 0 Å². The Bertz CT molecular complexity index is 727. The van der Waals surface area contributed by atoms with Crippen LogP contribution in [0, 0.1) is 0 Å². The highest BCUT2D eigenvalue weighted by Gasteiger charge is 2.15. The molecule has 0 spiro atoms. The number of benzene rings is 2. The Kier molecular flexibility index (Phi) is 4.46. The molecule has 0 fully saturated rings. The number of anilines is 1. The maximum Gasteiger partial charge on any atom is 0.242 e. The lowest BCUT2D eigenvalue weighted by Crippen LogP contribution is -2.19. The average molecular weight is 308 g/mol. The molecule has 0 radical (unpaired) electrons. The molecule has 2 aromatic carbocycles. The van der Waals surface area contributed by atoms with Crippen molar-refractivity contribution in [3.63, 3.8) is 0 Å². The van der Waals surface area contributed by atoms with Crippen molar-refractivity contribution < 1.29 is 18.3 Å². The smallest absolute Gasteiger partial charge is 0.242 e. The Morgan fingerprint density at radius 3 is 2.29 bits per heavy atom. The van der Waals surface area contributed by atoms with Gasteiger partial charge in [0.25, 0.3) is 0 Å². The van der Waals surface area contributed by atoms with Gasteiger partial charge in [0.1, 0.15) is 16.4 Å². The van der Waals surface area contributed by atoms with Crippen molar-refractivity contribution in [3.05, 3.63) is 48.0 Å². The minimum atomic E-state index is -3.59. The van der Waals surface area contributed by atoms with Crippen LogP contribution in [0.1, 0.15) is 5.56 Å². The van der Waals surface area contributed by atoms with Gasteiger partial charge in [-0.25, -0.2) is 13.1 Å². The molecule has 21 heavy (non-hydrogen) atoms. The summed E-state index contributed by atoms with van der Waals surface area (Å²) in [5.74, 6) is 0.995. The van der Waals surface area contributed by atoms with Gasteiger partial charge in [-0.2, -0.15) is 0 Å². The van der Waals surface area contributed by atoms with Crippen molar-refractivity contribution in [3.8, 4) is 11.5 Å². The van der Waals surface area contributed by atoms with Crippen LogP contribution in [0.4, 0.5) is 5.69 Å². The Morgan fingerprint density at radius 1 is 1.14 bits per heavy atom. The molecule has 0 unspecified atom stereocenters. The number of hydrogen-bond donors (Lipinski definition) is 3.